The highest BCUT2D eigenvalue weighted by Crippen LogP contribution is 2.00. The first-order chi connectivity index (χ1) is 6.11. The molecule has 74 valence electrons. The number of ether oxygens (including phenoxy) is 1. The second kappa shape index (κ2) is 6.22. The Morgan fingerprint density at radius 2 is 2.08 bits per heavy atom. The van der Waals surface area contributed by atoms with Gasteiger partial charge in [-0.2, -0.15) is 0 Å². The Balaban J connectivity index is 3.83. The van der Waals surface area contributed by atoms with Crippen LogP contribution in [0, 0.1) is 0 Å². The molecule has 0 aliphatic carbocycles. The van der Waals surface area contributed by atoms with Crippen LogP contribution in [0.3, 0.4) is 0 Å². The fourth-order valence-electron chi connectivity index (χ4n) is 0.651. The van der Waals surface area contributed by atoms with Crippen LogP contribution in [0.25, 0.3) is 0 Å². The first-order valence-corrected chi connectivity index (χ1v) is 4.17. The summed E-state index contributed by atoms with van der Waals surface area (Å²) in [6.07, 6.45) is 0.762. The summed E-state index contributed by atoms with van der Waals surface area (Å²) in [6, 6.07) is 0. The SMILES string of the molecule is C=C(CC(=O)NC)C(=O)OCCC. The summed E-state index contributed by atoms with van der Waals surface area (Å²) in [6.45, 7) is 5.72. The van der Waals surface area contributed by atoms with Gasteiger partial charge >= 0.3 is 5.97 Å². The molecule has 0 aromatic carbocycles. The molecule has 0 fully saturated rings. The molecule has 13 heavy (non-hydrogen) atoms. The van der Waals surface area contributed by atoms with E-state index in [9.17, 15) is 9.59 Å². The second-order valence-corrected chi connectivity index (χ2v) is 2.59. The van der Waals surface area contributed by atoms with Gasteiger partial charge in [-0.05, 0) is 6.42 Å². The Bertz CT molecular complexity index is 211. The van der Waals surface area contributed by atoms with Crippen molar-refractivity contribution in [2.45, 2.75) is 19.8 Å². The zero-order valence-corrected chi connectivity index (χ0v) is 8.05. The molecule has 0 atom stereocenters. The molecule has 1 amide bonds. The Labute approximate surface area is 78.0 Å². The summed E-state index contributed by atoms with van der Waals surface area (Å²) in [4.78, 5) is 21.9. The predicted molar refractivity (Wildman–Crippen MR) is 49.1 cm³/mol. The summed E-state index contributed by atoms with van der Waals surface area (Å²) < 4.78 is 4.78. The zero-order chi connectivity index (χ0) is 10.3. The number of carbonyl (C=O) groups is 2. The third-order valence-corrected chi connectivity index (χ3v) is 1.38. The quantitative estimate of drug-likeness (QED) is 0.505. The van der Waals surface area contributed by atoms with Crippen molar-refractivity contribution in [2.24, 2.45) is 0 Å². The molecule has 4 nitrogen and oxygen atoms in total. The normalized spacial score (nSPS) is 9.08. The van der Waals surface area contributed by atoms with Crippen molar-refractivity contribution in [3.8, 4) is 0 Å². The summed E-state index contributed by atoms with van der Waals surface area (Å²) in [5.74, 6) is -0.733. The number of carbonyl (C=O) groups excluding carboxylic acids is 2. The van der Waals surface area contributed by atoms with Crippen LogP contribution >= 0.6 is 0 Å². The van der Waals surface area contributed by atoms with Gasteiger partial charge in [0.2, 0.25) is 5.91 Å². The number of hydrogen-bond acceptors (Lipinski definition) is 3. The Morgan fingerprint density at radius 3 is 2.54 bits per heavy atom. The highest BCUT2D eigenvalue weighted by molar-refractivity contribution is 5.94. The first-order valence-electron chi connectivity index (χ1n) is 4.17. The van der Waals surface area contributed by atoms with Crippen LogP contribution in [-0.4, -0.2) is 25.5 Å². The molecule has 0 rings (SSSR count). The van der Waals surface area contributed by atoms with Gasteiger partial charge in [0, 0.05) is 12.6 Å². The fourth-order valence-corrected chi connectivity index (χ4v) is 0.651. The minimum absolute atomic E-state index is 0.000945. The lowest BCUT2D eigenvalue weighted by Gasteiger charge is -2.04. The summed E-state index contributed by atoms with van der Waals surface area (Å²) in [5.41, 5.74) is 0.188. The van der Waals surface area contributed by atoms with Crippen LogP contribution < -0.4 is 5.32 Å². The van der Waals surface area contributed by atoms with Crippen molar-refractivity contribution in [3.63, 3.8) is 0 Å². The lowest BCUT2D eigenvalue weighted by Crippen LogP contribution is -2.20. The number of rotatable bonds is 5. The van der Waals surface area contributed by atoms with Gasteiger partial charge < -0.3 is 10.1 Å². The third-order valence-electron chi connectivity index (χ3n) is 1.38. The van der Waals surface area contributed by atoms with Gasteiger partial charge in [0.05, 0.1) is 13.0 Å². The van der Waals surface area contributed by atoms with Crippen LogP contribution in [0.15, 0.2) is 12.2 Å². The zero-order valence-electron chi connectivity index (χ0n) is 8.05. The number of esters is 1. The van der Waals surface area contributed by atoms with E-state index in [1.165, 1.54) is 7.05 Å². The molecule has 0 aliphatic rings. The summed E-state index contributed by atoms with van der Waals surface area (Å²) in [5, 5.41) is 2.40. The smallest absolute Gasteiger partial charge is 0.333 e. The molecule has 0 heterocycles. The van der Waals surface area contributed by atoms with Gasteiger partial charge in [0.1, 0.15) is 0 Å². The molecule has 0 aromatic rings. The van der Waals surface area contributed by atoms with E-state index < -0.39 is 5.97 Å². The fraction of sp³-hybridized carbons (Fsp3) is 0.556. The van der Waals surface area contributed by atoms with Crippen molar-refractivity contribution in [1.29, 1.82) is 0 Å². The molecule has 0 bridgehead atoms. The molecular formula is C9H15NO3. The molecule has 0 saturated carbocycles. The van der Waals surface area contributed by atoms with Gasteiger partial charge in [0.25, 0.3) is 0 Å². The monoisotopic (exact) mass is 185 g/mol. The highest BCUT2D eigenvalue weighted by Gasteiger charge is 2.11. The van der Waals surface area contributed by atoms with Gasteiger partial charge in [-0.1, -0.05) is 13.5 Å². The van der Waals surface area contributed by atoms with E-state index in [1.807, 2.05) is 6.92 Å². The van der Waals surface area contributed by atoms with Crippen LogP contribution in [0.5, 0.6) is 0 Å². The number of amides is 1. The van der Waals surface area contributed by atoms with Crippen molar-refractivity contribution < 1.29 is 14.3 Å². The largest absolute Gasteiger partial charge is 0.462 e. The predicted octanol–water partition coefficient (Wildman–Crippen LogP) is 0.632. The molecule has 4 heteroatoms. The molecule has 0 spiro atoms. The van der Waals surface area contributed by atoms with Gasteiger partial charge in [-0.25, -0.2) is 4.79 Å². The minimum atomic E-state index is -0.495. The number of hydrogen-bond donors (Lipinski definition) is 1. The van der Waals surface area contributed by atoms with Crippen molar-refractivity contribution in [3.05, 3.63) is 12.2 Å². The van der Waals surface area contributed by atoms with Crippen LogP contribution in [0.1, 0.15) is 19.8 Å². The third kappa shape index (κ3) is 5.00. The molecule has 0 saturated heterocycles. The van der Waals surface area contributed by atoms with Crippen molar-refractivity contribution in [1.82, 2.24) is 5.32 Å². The molecule has 1 N–H and O–H groups in total. The Morgan fingerprint density at radius 1 is 1.46 bits per heavy atom. The standard InChI is InChI=1S/C9H15NO3/c1-4-5-13-9(12)7(2)6-8(11)10-3/h2,4-6H2,1,3H3,(H,10,11). The summed E-state index contributed by atoms with van der Waals surface area (Å²) >= 11 is 0. The van der Waals surface area contributed by atoms with E-state index in [0.29, 0.717) is 6.61 Å². The van der Waals surface area contributed by atoms with E-state index in [0.717, 1.165) is 6.42 Å². The van der Waals surface area contributed by atoms with E-state index in [4.69, 9.17) is 4.74 Å². The van der Waals surface area contributed by atoms with Gasteiger partial charge in [-0.15, -0.1) is 0 Å². The van der Waals surface area contributed by atoms with E-state index in [-0.39, 0.29) is 17.9 Å². The highest BCUT2D eigenvalue weighted by atomic mass is 16.5. The Hall–Kier alpha value is -1.32. The Kier molecular flexibility index (Phi) is 5.59. The van der Waals surface area contributed by atoms with Crippen molar-refractivity contribution >= 4 is 11.9 Å². The average molecular weight is 185 g/mol. The average Bonchev–Trinajstić information content (AvgIpc) is 2.13. The van der Waals surface area contributed by atoms with Gasteiger partial charge in [0.15, 0.2) is 0 Å². The summed E-state index contributed by atoms with van der Waals surface area (Å²) in [7, 11) is 1.51. The van der Waals surface area contributed by atoms with E-state index >= 15 is 0 Å². The maximum absolute atomic E-state index is 11.1. The lowest BCUT2D eigenvalue weighted by atomic mass is 10.2. The van der Waals surface area contributed by atoms with Gasteiger partial charge in [-0.3, -0.25) is 4.79 Å². The maximum Gasteiger partial charge on any atom is 0.333 e. The molecule has 0 aromatic heterocycles. The van der Waals surface area contributed by atoms with Crippen LogP contribution in [0.4, 0.5) is 0 Å². The minimum Gasteiger partial charge on any atom is -0.462 e. The molecule has 0 aliphatic heterocycles. The van der Waals surface area contributed by atoms with E-state index in [1.54, 1.807) is 0 Å². The lowest BCUT2D eigenvalue weighted by molar-refractivity contribution is -0.140. The first kappa shape index (κ1) is 11.7. The van der Waals surface area contributed by atoms with Crippen LogP contribution in [-0.2, 0) is 14.3 Å². The van der Waals surface area contributed by atoms with Crippen LogP contribution in [0.2, 0.25) is 0 Å². The number of nitrogens with one attached hydrogen (secondary N) is 1. The molecular weight excluding hydrogens is 170 g/mol. The second-order valence-electron chi connectivity index (χ2n) is 2.59. The topological polar surface area (TPSA) is 55.4 Å². The molecule has 0 radical (unpaired) electrons. The van der Waals surface area contributed by atoms with E-state index in [2.05, 4.69) is 11.9 Å². The maximum atomic E-state index is 11.1. The molecule has 0 unspecified atom stereocenters. The van der Waals surface area contributed by atoms with Crippen molar-refractivity contribution in [2.75, 3.05) is 13.7 Å².